The van der Waals surface area contributed by atoms with E-state index in [9.17, 15) is 9.59 Å². The third-order valence-corrected chi connectivity index (χ3v) is 5.21. The zero-order valence-electron chi connectivity index (χ0n) is 15.6. The average molecular weight is 425 g/mol. The fourth-order valence-corrected chi connectivity index (χ4v) is 3.49. The number of likely N-dealkylation sites (tertiary alicyclic amines) is 1. The molecule has 0 atom stereocenters. The number of piperidine rings is 1. The van der Waals surface area contributed by atoms with Crippen molar-refractivity contribution < 1.29 is 9.59 Å². The first-order valence-electron chi connectivity index (χ1n) is 8.67. The second kappa shape index (κ2) is 12.5. The molecule has 0 aromatic carbocycles. The molecule has 1 aromatic rings. The summed E-state index contributed by atoms with van der Waals surface area (Å²) in [4.78, 5) is 30.4. The first-order valence-corrected chi connectivity index (χ1v) is 9.55. The number of nitrogens with one attached hydrogen (secondary N) is 2. The summed E-state index contributed by atoms with van der Waals surface area (Å²) in [7, 11) is 1.98. The van der Waals surface area contributed by atoms with Crippen LogP contribution in [0.25, 0.3) is 0 Å². The zero-order valence-corrected chi connectivity index (χ0v) is 18.1. The van der Waals surface area contributed by atoms with Gasteiger partial charge in [-0.25, -0.2) is 4.98 Å². The van der Waals surface area contributed by atoms with Crippen LogP contribution in [0.5, 0.6) is 0 Å². The second-order valence-electron chi connectivity index (χ2n) is 6.68. The van der Waals surface area contributed by atoms with Crippen molar-refractivity contribution in [1.29, 1.82) is 0 Å². The van der Waals surface area contributed by atoms with E-state index in [4.69, 9.17) is 0 Å². The van der Waals surface area contributed by atoms with Crippen molar-refractivity contribution in [2.75, 3.05) is 32.0 Å². The quantitative estimate of drug-likeness (QED) is 0.705. The maximum atomic E-state index is 12.4. The molecule has 6 nitrogen and oxygen atoms in total. The Morgan fingerprint density at radius 3 is 2.54 bits per heavy atom. The molecule has 0 aliphatic carbocycles. The summed E-state index contributed by atoms with van der Waals surface area (Å²) in [6, 6.07) is 0. The van der Waals surface area contributed by atoms with Crippen LogP contribution in [0.3, 0.4) is 0 Å². The highest BCUT2D eigenvalue weighted by Gasteiger charge is 2.23. The number of aromatic nitrogens is 1. The monoisotopic (exact) mass is 424 g/mol. The van der Waals surface area contributed by atoms with Crippen molar-refractivity contribution in [3.05, 3.63) is 11.1 Å². The molecule has 2 heterocycles. The number of thiazole rings is 1. The summed E-state index contributed by atoms with van der Waals surface area (Å²) in [6.45, 7) is 6.41. The van der Waals surface area contributed by atoms with Crippen LogP contribution < -0.4 is 10.6 Å². The van der Waals surface area contributed by atoms with Crippen LogP contribution in [-0.4, -0.2) is 48.4 Å². The highest BCUT2D eigenvalue weighted by Crippen LogP contribution is 2.22. The lowest BCUT2D eigenvalue weighted by molar-refractivity contribution is -0.131. The third kappa shape index (κ3) is 7.78. The predicted octanol–water partition coefficient (Wildman–Crippen LogP) is 2.97. The molecular formula is C17H30Cl2N4O2S. The number of anilines is 1. The van der Waals surface area contributed by atoms with E-state index in [1.165, 1.54) is 17.8 Å². The Morgan fingerprint density at radius 1 is 1.31 bits per heavy atom. The number of hydrogen-bond acceptors (Lipinski definition) is 5. The van der Waals surface area contributed by atoms with Gasteiger partial charge in [0.05, 0.1) is 12.1 Å². The van der Waals surface area contributed by atoms with E-state index in [1.54, 1.807) is 0 Å². The molecule has 1 aromatic heterocycles. The number of rotatable bonds is 7. The minimum Gasteiger partial charge on any atom is -0.342 e. The molecule has 1 saturated heterocycles. The zero-order chi connectivity index (χ0) is 17.5. The number of halogens is 2. The fraction of sp³-hybridized carbons (Fsp3) is 0.706. The van der Waals surface area contributed by atoms with E-state index in [1.807, 2.05) is 31.2 Å². The van der Waals surface area contributed by atoms with E-state index in [-0.39, 0.29) is 42.5 Å². The molecular weight excluding hydrogens is 395 g/mol. The van der Waals surface area contributed by atoms with Crippen LogP contribution in [0, 0.1) is 11.8 Å². The van der Waals surface area contributed by atoms with Crippen molar-refractivity contribution in [1.82, 2.24) is 15.2 Å². The van der Waals surface area contributed by atoms with Gasteiger partial charge in [0.25, 0.3) is 0 Å². The summed E-state index contributed by atoms with van der Waals surface area (Å²) >= 11 is 1.37. The fourth-order valence-electron chi connectivity index (χ4n) is 2.78. The van der Waals surface area contributed by atoms with Gasteiger partial charge in [0.15, 0.2) is 5.13 Å². The molecule has 1 fully saturated rings. The molecule has 0 unspecified atom stereocenters. The van der Waals surface area contributed by atoms with Crippen molar-refractivity contribution in [2.45, 2.75) is 39.5 Å². The summed E-state index contributed by atoms with van der Waals surface area (Å²) in [5.41, 5.74) is 0.737. The molecule has 0 bridgehead atoms. The van der Waals surface area contributed by atoms with E-state index < -0.39 is 0 Å². The molecule has 0 saturated carbocycles. The highest BCUT2D eigenvalue weighted by atomic mass is 35.5. The van der Waals surface area contributed by atoms with Crippen LogP contribution in [0.1, 0.15) is 38.8 Å². The van der Waals surface area contributed by atoms with Crippen LogP contribution in [-0.2, 0) is 16.0 Å². The molecule has 26 heavy (non-hydrogen) atoms. The van der Waals surface area contributed by atoms with Gasteiger partial charge in [-0.3, -0.25) is 9.59 Å². The molecule has 2 amide bonds. The lowest BCUT2D eigenvalue weighted by atomic mass is 9.93. The largest absolute Gasteiger partial charge is 0.342 e. The first-order chi connectivity index (χ1) is 11.5. The Hall–Kier alpha value is -0.890. The van der Waals surface area contributed by atoms with Gasteiger partial charge in [-0.15, -0.1) is 36.2 Å². The Bertz CT molecular complexity index is 561. The predicted molar refractivity (Wildman–Crippen MR) is 112 cm³/mol. The van der Waals surface area contributed by atoms with Crippen LogP contribution in [0.2, 0.25) is 0 Å². The SMILES string of the molecule is CNCCC1CCN(C(=O)Cc2csc(NC(=O)C(C)C)n2)CC1.Cl.Cl. The molecule has 1 aliphatic rings. The number of hydrogen-bond donors (Lipinski definition) is 2. The van der Waals surface area contributed by atoms with Crippen molar-refractivity contribution in [2.24, 2.45) is 11.8 Å². The standard InChI is InChI=1S/C17H28N4O2S.2ClH/c1-12(2)16(23)20-17-19-14(11-24-17)10-15(22)21-8-5-13(6-9-21)4-7-18-3;;/h11-13,18H,4-10H2,1-3H3,(H,19,20,23);2*1H. The van der Waals surface area contributed by atoms with Gasteiger partial charge < -0.3 is 15.5 Å². The number of nitrogens with zero attached hydrogens (tertiary/aromatic N) is 2. The van der Waals surface area contributed by atoms with Crippen LogP contribution in [0.4, 0.5) is 5.13 Å². The molecule has 1 aliphatic heterocycles. The summed E-state index contributed by atoms with van der Waals surface area (Å²) < 4.78 is 0. The Morgan fingerprint density at radius 2 is 1.96 bits per heavy atom. The molecule has 2 N–H and O–H groups in total. The lowest BCUT2D eigenvalue weighted by Gasteiger charge is -2.32. The van der Waals surface area contributed by atoms with Gasteiger partial charge in [-0.05, 0) is 38.8 Å². The average Bonchev–Trinajstić information content (AvgIpc) is 3.00. The van der Waals surface area contributed by atoms with Crippen LogP contribution in [0.15, 0.2) is 5.38 Å². The number of carbonyl (C=O) groups excluding carboxylic acids is 2. The van der Waals surface area contributed by atoms with Gasteiger partial charge in [-0.2, -0.15) is 0 Å². The smallest absolute Gasteiger partial charge is 0.228 e. The minimum atomic E-state index is -0.0804. The summed E-state index contributed by atoms with van der Waals surface area (Å²) in [6.07, 6.45) is 3.67. The molecule has 150 valence electrons. The van der Waals surface area contributed by atoms with Crippen molar-refractivity contribution in [3.8, 4) is 0 Å². The Balaban J connectivity index is 0.00000312. The van der Waals surface area contributed by atoms with E-state index >= 15 is 0 Å². The van der Waals surface area contributed by atoms with Crippen molar-refractivity contribution in [3.63, 3.8) is 0 Å². The van der Waals surface area contributed by atoms with E-state index in [0.29, 0.717) is 11.6 Å². The maximum Gasteiger partial charge on any atom is 0.228 e. The van der Waals surface area contributed by atoms with Gasteiger partial charge in [0.2, 0.25) is 11.8 Å². The van der Waals surface area contributed by atoms with Gasteiger partial charge in [0, 0.05) is 24.4 Å². The van der Waals surface area contributed by atoms with Crippen LogP contribution >= 0.6 is 36.2 Å². The van der Waals surface area contributed by atoms with E-state index in [2.05, 4.69) is 15.6 Å². The highest BCUT2D eigenvalue weighted by molar-refractivity contribution is 7.13. The third-order valence-electron chi connectivity index (χ3n) is 4.41. The normalized spacial score (nSPS) is 14.5. The van der Waals surface area contributed by atoms with Crippen molar-refractivity contribution >= 4 is 53.1 Å². The molecule has 9 heteroatoms. The van der Waals surface area contributed by atoms with Gasteiger partial charge in [0.1, 0.15) is 0 Å². The molecule has 0 spiro atoms. The Labute approximate surface area is 172 Å². The van der Waals surface area contributed by atoms with E-state index in [0.717, 1.165) is 44.1 Å². The lowest BCUT2D eigenvalue weighted by Crippen LogP contribution is -2.39. The molecule has 0 radical (unpaired) electrons. The minimum absolute atomic E-state index is 0. The van der Waals surface area contributed by atoms with Gasteiger partial charge >= 0.3 is 0 Å². The Kier molecular flexibility index (Phi) is 12.1. The number of carbonyl (C=O) groups is 2. The second-order valence-corrected chi connectivity index (χ2v) is 7.54. The first kappa shape index (κ1) is 25.1. The summed E-state index contributed by atoms with van der Waals surface area (Å²) in [5.74, 6) is 0.724. The topological polar surface area (TPSA) is 74.3 Å². The summed E-state index contributed by atoms with van der Waals surface area (Å²) in [5, 5.41) is 8.39. The van der Waals surface area contributed by atoms with Gasteiger partial charge in [-0.1, -0.05) is 13.8 Å². The molecule has 2 rings (SSSR count). The maximum absolute atomic E-state index is 12.4. The number of amides is 2.